The topological polar surface area (TPSA) is 39.2 Å². The summed E-state index contributed by atoms with van der Waals surface area (Å²) in [6, 6.07) is 9.66. The second kappa shape index (κ2) is 9.00. The van der Waals surface area contributed by atoms with Crippen molar-refractivity contribution in [3.05, 3.63) is 63.4 Å². The molecule has 2 rings (SSSR count). The van der Waals surface area contributed by atoms with Crippen LogP contribution in [0.25, 0.3) is 11.1 Å². The molecule has 0 atom stereocenters. The fourth-order valence-electron chi connectivity index (χ4n) is 3.11. The average Bonchev–Trinajstić information content (AvgIpc) is 2.64. The fourth-order valence-corrected chi connectivity index (χ4v) is 3.27. The van der Waals surface area contributed by atoms with Crippen LogP contribution in [0.4, 0.5) is 0 Å². The summed E-state index contributed by atoms with van der Waals surface area (Å²) in [7, 11) is 0. The number of benzene rings is 1. The van der Waals surface area contributed by atoms with E-state index >= 15 is 0 Å². The quantitative estimate of drug-likeness (QED) is 0.574. The van der Waals surface area contributed by atoms with Crippen molar-refractivity contribution in [2.75, 3.05) is 6.61 Å². The number of aryl methyl sites for hydroxylation is 2. The summed E-state index contributed by atoms with van der Waals surface area (Å²) < 4.78 is 5.07. The van der Waals surface area contributed by atoms with Crippen molar-refractivity contribution in [3.63, 3.8) is 0 Å². The zero-order valence-electron chi connectivity index (χ0n) is 16.1. The van der Waals surface area contributed by atoms with Gasteiger partial charge in [-0.25, -0.2) is 9.78 Å². The lowest BCUT2D eigenvalue weighted by molar-refractivity contribution is 0.0519. The van der Waals surface area contributed by atoms with E-state index in [0.717, 1.165) is 45.8 Å². The molecule has 0 N–H and O–H groups in total. The first-order valence-electron chi connectivity index (χ1n) is 9.06. The van der Waals surface area contributed by atoms with Gasteiger partial charge in [0, 0.05) is 5.02 Å². The predicted molar refractivity (Wildman–Crippen MR) is 109 cm³/mol. The lowest BCUT2D eigenvalue weighted by atomic mass is 9.91. The zero-order chi connectivity index (χ0) is 19.3. The van der Waals surface area contributed by atoms with Crippen molar-refractivity contribution in [2.45, 2.75) is 47.5 Å². The van der Waals surface area contributed by atoms with E-state index in [9.17, 15) is 4.79 Å². The normalized spacial score (nSPS) is 11.9. The van der Waals surface area contributed by atoms with Crippen LogP contribution in [0.15, 0.2) is 30.3 Å². The van der Waals surface area contributed by atoms with Crippen molar-refractivity contribution in [1.82, 2.24) is 4.98 Å². The number of carbonyl (C=O) groups excluding carboxylic acids is 1. The van der Waals surface area contributed by atoms with Crippen molar-refractivity contribution < 1.29 is 9.53 Å². The van der Waals surface area contributed by atoms with Gasteiger partial charge in [0.15, 0.2) is 0 Å². The molecule has 0 fully saturated rings. The molecule has 138 valence electrons. The SMILES string of the molecule is CCOC(=O)c1cccc(/C(CC)=C(/C)c2cc(Cl)c(C)cc2CC)n1. The first-order valence-corrected chi connectivity index (χ1v) is 9.44. The third-order valence-corrected chi connectivity index (χ3v) is 4.93. The number of aromatic nitrogens is 1. The third kappa shape index (κ3) is 4.34. The Hall–Kier alpha value is -2.13. The highest BCUT2D eigenvalue weighted by Crippen LogP contribution is 2.33. The first kappa shape index (κ1) is 20.2. The van der Waals surface area contributed by atoms with Crippen molar-refractivity contribution in [1.29, 1.82) is 0 Å². The molecule has 4 heteroatoms. The Morgan fingerprint density at radius 1 is 1.15 bits per heavy atom. The Balaban J connectivity index is 2.58. The minimum absolute atomic E-state index is 0.334. The Morgan fingerprint density at radius 3 is 2.46 bits per heavy atom. The summed E-state index contributed by atoms with van der Waals surface area (Å²) in [4.78, 5) is 16.6. The highest BCUT2D eigenvalue weighted by molar-refractivity contribution is 6.31. The molecule has 0 spiro atoms. The maximum atomic E-state index is 12.0. The van der Waals surface area contributed by atoms with E-state index in [0.29, 0.717) is 12.3 Å². The minimum atomic E-state index is -0.393. The summed E-state index contributed by atoms with van der Waals surface area (Å²) in [5.74, 6) is -0.393. The number of esters is 1. The number of hydrogen-bond acceptors (Lipinski definition) is 3. The fraction of sp³-hybridized carbons (Fsp3) is 0.364. The summed E-state index contributed by atoms with van der Waals surface area (Å²) in [6.45, 7) is 10.5. The molecular formula is C22H26ClNO2. The van der Waals surface area contributed by atoms with Crippen molar-refractivity contribution in [2.24, 2.45) is 0 Å². The van der Waals surface area contributed by atoms with E-state index < -0.39 is 5.97 Å². The van der Waals surface area contributed by atoms with E-state index in [-0.39, 0.29) is 0 Å². The third-order valence-electron chi connectivity index (χ3n) is 4.52. The number of pyridine rings is 1. The van der Waals surface area contributed by atoms with Gasteiger partial charge in [0.2, 0.25) is 0 Å². The molecule has 0 aliphatic rings. The zero-order valence-corrected chi connectivity index (χ0v) is 16.9. The molecule has 2 aromatic rings. The molecule has 3 nitrogen and oxygen atoms in total. The second-order valence-corrected chi connectivity index (χ2v) is 6.60. The van der Waals surface area contributed by atoms with Gasteiger partial charge in [0.05, 0.1) is 12.3 Å². The van der Waals surface area contributed by atoms with Crippen LogP contribution in [-0.4, -0.2) is 17.6 Å². The van der Waals surface area contributed by atoms with E-state index in [4.69, 9.17) is 16.3 Å². The molecule has 0 aliphatic heterocycles. The lowest BCUT2D eigenvalue weighted by Gasteiger charge is -2.16. The number of nitrogens with zero attached hydrogens (tertiary/aromatic N) is 1. The van der Waals surface area contributed by atoms with Crippen molar-refractivity contribution in [3.8, 4) is 0 Å². The van der Waals surface area contributed by atoms with Gasteiger partial charge in [0.25, 0.3) is 0 Å². The van der Waals surface area contributed by atoms with Crippen LogP contribution in [0.2, 0.25) is 5.02 Å². The van der Waals surface area contributed by atoms with Gasteiger partial charge in [-0.05, 0) is 79.6 Å². The Bertz CT molecular complexity index is 840. The number of hydrogen-bond donors (Lipinski definition) is 0. The van der Waals surface area contributed by atoms with Crippen LogP contribution < -0.4 is 0 Å². The summed E-state index contributed by atoms with van der Waals surface area (Å²) in [5.41, 5.74) is 6.86. The van der Waals surface area contributed by atoms with Crippen LogP contribution in [0.3, 0.4) is 0 Å². The summed E-state index contributed by atoms with van der Waals surface area (Å²) in [6.07, 6.45) is 1.73. The maximum absolute atomic E-state index is 12.0. The molecule has 0 bridgehead atoms. The van der Waals surface area contributed by atoms with Crippen LogP contribution in [0.5, 0.6) is 0 Å². The number of carbonyl (C=O) groups is 1. The van der Waals surface area contributed by atoms with E-state index in [1.54, 1.807) is 13.0 Å². The number of allylic oxidation sites excluding steroid dienone is 2. The molecule has 0 unspecified atom stereocenters. The molecule has 1 heterocycles. The van der Waals surface area contributed by atoms with Gasteiger partial charge in [-0.1, -0.05) is 37.6 Å². The maximum Gasteiger partial charge on any atom is 0.356 e. The smallest absolute Gasteiger partial charge is 0.356 e. The van der Waals surface area contributed by atoms with Crippen LogP contribution in [0.1, 0.15) is 67.0 Å². The van der Waals surface area contributed by atoms with Gasteiger partial charge >= 0.3 is 5.97 Å². The molecule has 0 aliphatic carbocycles. The Kier molecular flexibility index (Phi) is 6.98. The van der Waals surface area contributed by atoms with Crippen LogP contribution in [0, 0.1) is 6.92 Å². The first-order chi connectivity index (χ1) is 12.4. The standard InChI is InChI=1S/C22H26ClNO2/c1-6-16-12-14(4)19(23)13-18(16)15(5)17(7-2)20-10-9-11-21(24-20)22(25)26-8-3/h9-13H,6-8H2,1-5H3/b17-15-. The van der Waals surface area contributed by atoms with E-state index in [2.05, 4.69) is 31.8 Å². The molecule has 0 amide bonds. The molecule has 1 aromatic carbocycles. The molecule has 26 heavy (non-hydrogen) atoms. The molecule has 0 saturated carbocycles. The molecular weight excluding hydrogens is 346 g/mol. The minimum Gasteiger partial charge on any atom is -0.461 e. The highest BCUT2D eigenvalue weighted by atomic mass is 35.5. The van der Waals surface area contributed by atoms with Crippen molar-refractivity contribution >= 4 is 28.7 Å². The number of ether oxygens (including phenoxy) is 1. The van der Waals surface area contributed by atoms with Gasteiger partial charge in [-0.3, -0.25) is 0 Å². The largest absolute Gasteiger partial charge is 0.461 e. The average molecular weight is 372 g/mol. The Labute approximate surface area is 161 Å². The molecule has 0 saturated heterocycles. The predicted octanol–water partition coefficient (Wildman–Crippen LogP) is 6.12. The number of halogens is 1. The molecule has 1 aromatic heterocycles. The molecule has 0 radical (unpaired) electrons. The monoisotopic (exact) mass is 371 g/mol. The van der Waals surface area contributed by atoms with Crippen LogP contribution >= 0.6 is 11.6 Å². The summed E-state index contributed by atoms with van der Waals surface area (Å²) >= 11 is 6.38. The van der Waals surface area contributed by atoms with Gasteiger partial charge in [-0.2, -0.15) is 0 Å². The van der Waals surface area contributed by atoms with Crippen LogP contribution in [-0.2, 0) is 11.2 Å². The highest BCUT2D eigenvalue weighted by Gasteiger charge is 2.15. The Morgan fingerprint density at radius 2 is 1.85 bits per heavy atom. The lowest BCUT2D eigenvalue weighted by Crippen LogP contribution is -2.08. The van der Waals surface area contributed by atoms with E-state index in [1.807, 2.05) is 25.1 Å². The second-order valence-electron chi connectivity index (χ2n) is 6.20. The number of rotatable bonds is 6. The van der Waals surface area contributed by atoms with Gasteiger partial charge < -0.3 is 4.74 Å². The van der Waals surface area contributed by atoms with E-state index in [1.165, 1.54) is 5.56 Å². The summed E-state index contributed by atoms with van der Waals surface area (Å²) in [5, 5.41) is 0.764. The van der Waals surface area contributed by atoms with Gasteiger partial charge in [0.1, 0.15) is 5.69 Å². The van der Waals surface area contributed by atoms with Gasteiger partial charge in [-0.15, -0.1) is 0 Å².